The Kier molecular flexibility index (Phi) is 7.29. The molecular formula is C23H34N5O2+3. The second-order valence-corrected chi connectivity index (χ2v) is 8.25. The summed E-state index contributed by atoms with van der Waals surface area (Å²) in [6, 6.07) is 14.6. The second kappa shape index (κ2) is 10.5. The Morgan fingerprint density at radius 1 is 0.967 bits per heavy atom. The minimum absolute atomic E-state index is 0.137. The average molecular weight is 413 g/mol. The van der Waals surface area contributed by atoms with Crippen LogP contribution in [0.1, 0.15) is 11.1 Å². The van der Waals surface area contributed by atoms with Gasteiger partial charge in [0.15, 0.2) is 6.54 Å². The molecule has 0 atom stereocenters. The fraction of sp³-hybridized carbons (Fsp3) is 0.478. The van der Waals surface area contributed by atoms with Crippen LogP contribution < -0.4 is 25.0 Å². The number of carbonyl (C=O) groups excluding carboxylic acids is 1. The van der Waals surface area contributed by atoms with Crippen LogP contribution in [0.2, 0.25) is 0 Å². The number of anilines is 1. The van der Waals surface area contributed by atoms with Gasteiger partial charge in [0.1, 0.15) is 45.8 Å². The van der Waals surface area contributed by atoms with Crippen LogP contribution in [-0.4, -0.2) is 64.9 Å². The summed E-state index contributed by atoms with van der Waals surface area (Å²) in [6.45, 7) is 9.83. The summed E-state index contributed by atoms with van der Waals surface area (Å²) in [6.07, 6.45) is 1.96. The van der Waals surface area contributed by atoms with E-state index in [-0.39, 0.29) is 5.91 Å². The van der Waals surface area contributed by atoms with Crippen LogP contribution in [0.25, 0.3) is 0 Å². The fourth-order valence-corrected chi connectivity index (χ4v) is 4.31. The molecule has 1 aromatic heterocycles. The molecule has 2 aromatic rings. The SMILES string of the molecule is O=C(C[NH+]1CCN(c2cccc[nH+]2)CC1)NCc1ccccc1C[NH+]1CCOCC1. The molecule has 30 heavy (non-hydrogen) atoms. The number of H-pyrrole nitrogens is 1. The van der Waals surface area contributed by atoms with E-state index in [4.69, 9.17) is 4.74 Å². The van der Waals surface area contributed by atoms with Crippen molar-refractivity contribution in [3.05, 3.63) is 59.8 Å². The van der Waals surface area contributed by atoms with E-state index in [0.29, 0.717) is 13.1 Å². The third kappa shape index (κ3) is 5.78. The smallest absolute Gasteiger partial charge is 0.275 e. The third-order valence-corrected chi connectivity index (χ3v) is 6.15. The number of carbonyl (C=O) groups is 1. The number of pyridine rings is 1. The Bertz CT molecular complexity index is 802. The summed E-state index contributed by atoms with van der Waals surface area (Å²) in [5, 5.41) is 3.15. The lowest BCUT2D eigenvalue weighted by atomic mass is 10.1. The number of nitrogens with one attached hydrogen (secondary N) is 4. The Labute approximate surface area is 178 Å². The van der Waals surface area contributed by atoms with Crippen LogP contribution in [0.3, 0.4) is 0 Å². The van der Waals surface area contributed by atoms with Gasteiger partial charge in [0.25, 0.3) is 11.7 Å². The van der Waals surface area contributed by atoms with E-state index in [9.17, 15) is 4.79 Å². The van der Waals surface area contributed by atoms with Gasteiger partial charge in [-0.25, -0.2) is 4.98 Å². The van der Waals surface area contributed by atoms with Crippen molar-refractivity contribution in [2.45, 2.75) is 13.1 Å². The van der Waals surface area contributed by atoms with Crippen molar-refractivity contribution in [3.8, 4) is 0 Å². The van der Waals surface area contributed by atoms with Gasteiger partial charge < -0.3 is 19.9 Å². The van der Waals surface area contributed by atoms with E-state index < -0.39 is 0 Å². The van der Waals surface area contributed by atoms with Gasteiger partial charge in [-0.2, -0.15) is 0 Å². The van der Waals surface area contributed by atoms with Gasteiger partial charge >= 0.3 is 0 Å². The highest BCUT2D eigenvalue weighted by Crippen LogP contribution is 2.07. The van der Waals surface area contributed by atoms with Crippen molar-refractivity contribution < 1.29 is 24.3 Å². The summed E-state index contributed by atoms with van der Waals surface area (Å²) < 4.78 is 5.47. The molecular weight excluding hydrogens is 378 g/mol. The number of rotatable bonds is 7. The maximum Gasteiger partial charge on any atom is 0.275 e. The molecule has 160 valence electrons. The Balaban J connectivity index is 1.23. The Hall–Kier alpha value is -2.48. The number of nitrogens with zero attached hydrogens (tertiary/aromatic N) is 1. The maximum absolute atomic E-state index is 12.6. The van der Waals surface area contributed by atoms with E-state index in [2.05, 4.69) is 51.6 Å². The number of hydrogen-bond donors (Lipinski definition) is 3. The van der Waals surface area contributed by atoms with Crippen molar-refractivity contribution in [1.82, 2.24) is 5.32 Å². The van der Waals surface area contributed by atoms with Gasteiger partial charge in [0, 0.05) is 18.2 Å². The molecule has 0 saturated carbocycles. The van der Waals surface area contributed by atoms with Gasteiger partial charge in [-0.3, -0.25) is 9.69 Å². The van der Waals surface area contributed by atoms with E-state index in [1.807, 2.05) is 12.3 Å². The quantitative estimate of drug-likeness (QED) is 0.490. The van der Waals surface area contributed by atoms with Crippen molar-refractivity contribution in [3.63, 3.8) is 0 Å². The largest absolute Gasteiger partial charge is 0.370 e. The molecule has 0 spiro atoms. The molecule has 7 heteroatoms. The summed E-state index contributed by atoms with van der Waals surface area (Å²) in [5.41, 5.74) is 2.55. The van der Waals surface area contributed by atoms with E-state index >= 15 is 0 Å². The lowest BCUT2D eigenvalue weighted by molar-refractivity contribution is -0.921. The zero-order valence-corrected chi connectivity index (χ0v) is 17.7. The number of aromatic amines is 1. The van der Waals surface area contributed by atoms with Crippen LogP contribution in [0, 0.1) is 0 Å². The average Bonchev–Trinajstić information content (AvgIpc) is 2.80. The van der Waals surface area contributed by atoms with Crippen LogP contribution >= 0.6 is 0 Å². The molecule has 1 amide bonds. The molecule has 4 rings (SSSR count). The predicted molar refractivity (Wildman–Crippen MR) is 114 cm³/mol. The number of piperazine rings is 1. The van der Waals surface area contributed by atoms with E-state index in [1.165, 1.54) is 16.0 Å². The van der Waals surface area contributed by atoms with Crippen molar-refractivity contribution >= 4 is 11.7 Å². The van der Waals surface area contributed by atoms with Crippen LogP contribution in [-0.2, 0) is 22.6 Å². The van der Waals surface area contributed by atoms with Crippen LogP contribution in [0.15, 0.2) is 48.7 Å². The molecule has 2 fully saturated rings. The summed E-state index contributed by atoms with van der Waals surface area (Å²) >= 11 is 0. The zero-order chi connectivity index (χ0) is 20.6. The summed E-state index contributed by atoms with van der Waals surface area (Å²) in [7, 11) is 0. The first-order valence-corrected chi connectivity index (χ1v) is 11.1. The molecule has 0 unspecified atom stereocenters. The topological polar surface area (TPSA) is 64.6 Å². The van der Waals surface area contributed by atoms with E-state index in [0.717, 1.165) is 64.8 Å². The number of aromatic nitrogens is 1. The summed E-state index contributed by atoms with van der Waals surface area (Å²) in [5.74, 6) is 1.29. The van der Waals surface area contributed by atoms with Gasteiger partial charge in [-0.1, -0.05) is 30.3 Å². The molecule has 4 N–H and O–H groups in total. The molecule has 0 bridgehead atoms. The van der Waals surface area contributed by atoms with Gasteiger partial charge in [-0.05, 0) is 11.6 Å². The Morgan fingerprint density at radius 3 is 2.43 bits per heavy atom. The number of ether oxygens (including phenoxy) is 1. The highest BCUT2D eigenvalue weighted by atomic mass is 16.5. The Morgan fingerprint density at radius 2 is 1.70 bits per heavy atom. The fourth-order valence-electron chi connectivity index (χ4n) is 4.31. The molecule has 2 aliphatic heterocycles. The first-order chi connectivity index (χ1) is 14.8. The second-order valence-electron chi connectivity index (χ2n) is 8.25. The van der Waals surface area contributed by atoms with Crippen molar-refractivity contribution in [2.75, 3.05) is 63.9 Å². The van der Waals surface area contributed by atoms with Gasteiger partial charge in [0.2, 0.25) is 0 Å². The highest BCUT2D eigenvalue weighted by Gasteiger charge is 2.27. The minimum Gasteiger partial charge on any atom is -0.370 e. The highest BCUT2D eigenvalue weighted by molar-refractivity contribution is 5.76. The minimum atomic E-state index is 0.137. The van der Waals surface area contributed by atoms with Crippen molar-refractivity contribution in [1.29, 1.82) is 0 Å². The number of hydrogen-bond acceptors (Lipinski definition) is 3. The van der Waals surface area contributed by atoms with Gasteiger partial charge in [-0.15, -0.1) is 0 Å². The molecule has 2 aliphatic rings. The lowest BCUT2D eigenvalue weighted by Crippen LogP contribution is -3.16. The first kappa shape index (κ1) is 20.8. The zero-order valence-electron chi connectivity index (χ0n) is 17.7. The monoisotopic (exact) mass is 412 g/mol. The predicted octanol–water partition coefficient (Wildman–Crippen LogP) is -2.06. The molecule has 3 heterocycles. The van der Waals surface area contributed by atoms with E-state index in [1.54, 1.807) is 4.90 Å². The van der Waals surface area contributed by atoms with Crippen molar-refractivity contribution in [2.24, 2.45) is 0 Å². The normalized spacial score (nSPS) is 18.3. The number of amides is 1. The lowest BCUT2D eigenvalue weighted by Gasteiger charge is -2.28. The third-order valence-electron chi connectivity index (χ3n) is 6.15. The number of morpholine rings is 1. The van der Waals surface area contributed by atoms with Crippen LogP contribution in [0.4, 0.5) is 5.82 Å². The number of quaternary nitrogens is 2. The standard InChI is InChI=1S/C23H31N5O2/c29-23(19-26-9-11-28(12-10-26)22-7-3-4-8-24-22)25-17-20-5-1-2-6-21(20)18-27-13-15-30-16-14-27/h1-8H,9-19H2,(H,25,29)/p+3. The molecule has 2 saturated heterocycles. The molecule has 7 nitrogen and oxygen atoms in total. The molecule has 0 radical (unpaired) electrons. The summed E-state index contributed by atoms with van der Waals surface area (Å²) in [4.78, 5) is 21.1. The van der Waals surface area contributed by atoms with Gasteiger partial charge in [0.05, 0.1) is 19.4 Å². The maximum atomic E-state index is 12.6. The first-order valence-electron chi connectivity index (χ1n) is 11.1. The number of benzene rings is 1. The molecule has 1 aromatic carbocycles. The van der Waals surface area contributed by atoms with Crippen LogP contribution in [0.5, 0.6) is 0 Å². The molecule has 0 aliphatic carbocycles.